The number of ether oxygens (including phenoxy) is 2. The number of tetrazole rings is 1. The van der Waals surface area contributed by atoms with Crippen LogP contribution in [-0.2, 0) is 10.3 Å². The summed E-state index contributed by atoms with van der Waals surface area (Å²) in [4.78, 5) is 27.2. The monoisotopic (exact) mass is 449 g/mol. The molecule has 0 spiro atoms. The zero-order chi connectivity index (χ0) is 23.4. The van der Waals surface area contributed by atoms with Crippen LogP contribution < -0.4 is 4.74 Å². The van der Waals surface area contributed by atoms with Crippen molar-refractivity contribution >= 4 is 12.1 Å². The number of methoxy groups -OCH3 is 1. The Balaban J connectivity index is 1.77. The predicted molar refractivity (Wildman–Crippen MR) is 120 cm³/mol. The summed E-state index contributed by atoms with van der Waals surface area (Å²) in [6, 6.07) is 15.9. The lowest BCUT2D eigenvalue weighted by Crippen LogP contribution is -2.51. The van der Waals surface area contributed by atoms with E-state index in [0.29, 0.717) is 41.6 Å². The van der Waals surface area contributed by atoms with Gasteiger partial charge >= 0.3 is 12.1 Å². The Morgan fingerprint density at radius 3 is 2.42 bits per heavy atom. The van der Waals surface area contributed by atoms with Gasteiger partial charge in [-0.05, 0) is 66.3 Å². The van der Waals surface area contributed by atoms with Crippen LogP contribution >= 0.6 is 0 Å². The number of hydrogen-bond acceptors (Lipinski definition) is 7. The molecule has 1 saturated carbocycles. The zero-order valence-corrected chi connectivity index (χ0v) is 19.0. The highest BCUT2D eigenvalue weighted by molar-refractivity contribution is 5.93. The normalized spacial score (nSPS) is 20.2. The van der Waals surface area contributed by atoms with Crippen LogP contribution in [0.25, 0.3) is 5.69 Å². The van der Waals surface area contributed by atoms with Crippen molar-refractivity contribution in [1.82, 2.24) is 25.1 Å². The Kier molecular flexibility index (Phi) is 6.39. The molecule has 0 unspecified atom stereocenters. The minimum atomic E-state index is -0.800. The van der Waals surface area contributed by atoms with Crippen molar-refractivity contribution < 1.29 is 19.1 Å². The van der Waals surface area contributed by atoms with Crippen molar-refractivity contribution in [2.24, 2.45) is 5.92 Å². The molecule has 0 atom stereocenters. The fourth-order valence-electron chi connectivity index (χ4n) is 4.36. The third-order valence-electron chi connectivity index (χ3n) is 6.39. The molecule has 33 heavy (non-hydrogen) atoms. The van der Waals surface area contributed by atoms with Crippen molar-refractivity contribution in [3.63, 3.8) is 0 Å². The summed E-state index contributed by atoms with van der Waals surface area (Å²) in [5.74, 6) is 0.973. The molecule has 1 heterocycles. The molecule has 4 rings (SSSR count). The summed E-state index contributed by atoms with van der Waals surface area (Å²) in [6.07, 6.45) is 2.62. The van der Waals surface area contributed by atoms with Crippen molar-refractivity contribution in [2.45, 2.75) is 38.1 Å². The molecule has 0 aliphatic heterocycles. The quantitative estimate of drug-likeness (QED) is 0.543. The number of esters is 1. The van der Waals surface area contributed by atoms with Gasteiger partial charge in [0.25, 0.3) is 0 Å². The molecular weight excluding hydrogens is 422 g/mol. The Labute approximate surface area is 192 Å². The molecule has 9 heteroatoms. The van der Waals surface area contributed by atoms with Crippen LogP contribution in [0.3, 0.4) is 0 Å². The number of aromatic nitrogens is 4. The molecule has 172 valence electrons. The summed E-state index contributed by atoms with van der Waals surface area (Å²) in [7, 11) is 3.05. The Hall–Kier alpha value is -3.75. The molecule has 1 aliphatic rings. The van der Waals surface area contributed by atoms with E-state index >= 15 is 0 Å². The van der Waals surface area contributed by atoms with Crippen molar-refractivity contribution in [2.75, 3.05) is 14.2 Å². The van der Waals surface area contributed by atoms with Crippen LogP contribution in [-0.4, -0.2) is 51.3 Å². The highest BCUT2D eigenvalue weighted by Crippen LogP contribution is 2.43. The fourth-order valence-corrected chi connectivity index (χ4v) is 4.36. The number of nitrogens with zero attached hydrogens (tertiary/aromatic N) is 5. The van der Waals surface area contributed by atoms with E-state index in [1.807, 2.05) is 18.2 Å². The second-order valence-corrected chi connectivity index (χ2v) is 8.38. The van der Waals surface area contributed by atoms with Gasteiger partial charge in [0.1, 0.15) is 11.3 Å². The first kappa shape index (κ1) is 22.4. The average molecular weight is 450 g/mol. The minimum absolute atomic E-state index is 0.336. The van der Waals surface area contributed by atoms with Gasteiger partial charge in [-0.2, -0.15) is 4.68 Å². The van der Waals surface area contributed by atoms with Crippen LogP contribution in [0, 0.1) is 5.92 Å². The van der Waals surface area contributed by atoms with Gasteiger partial charge in [-0.1, -0.05) is 37.3 Å². The lowest BCUT2D eigenvalue weighted by atomic mass is 9.75. The number of hydrogen-bond donors (Lipinski definition) is 0. The number of carbonyl (C=O) groups is 2. The van der Waals surface area contributed by atoms with Gasteiger partial charge < -0.3 is 9.47 Å². The van der Waals surface area contributed by atoms with Crippen LogP contribution in [0.4, 0.5) is 4.79 Å². The molecule has 0 N–H and O–H groups in total. The van der Waals surface area contributed by atoms with E-state index in [1.54, 1.807) is 48.3 Å². The Morgan fingerprint density at radius 1 is 1.06 bits per heavy atom. The number of carbonyl (C=O) groups excluding carboxylic acids is 2. The lowest BCUT2D eigenvalue weighted by Gasteiger charge is -2.44. The van der Waals surface area contributed by atoms with Crippen LogP contribution in [0.1, 0.15) is 48.8 Å². The Bertz CT molecular complexity index is 1120. The van der Waals surface area contributed by atoms with Gasteiger partial charge in [0.2, 0.25) is 0 Å². The largest absolute Gasteiger partial charge is 0.465 e. The van der Waals surface area contributed by atoms with E-state index in [1.165, 1.54) is 11.8 Å². The van der Waals surface area contributed by atoms with Gasteiger partial charge in [0.15, 0.2) is 5.82 Å². The molecular formula is C24H27N5O4. The summed E-state index contributed by atoms with van der Waals surface area (Å²) in [6.45, 7) is 2.20. The molecule has 0 saturated heterocycles. The molecule has 0 bridgehead atoms. The second kappa shape index (κ2) is 9.40. The molecule has 0 radical (unpaired) electrons. The number of rotatable bonds is 5. The zero-order valence-electron chi connectivity index (χ0n) is 19.0. The summed E-state index contributed by atoms with van der Waals surface area (Å²) in [5, 5.41) is 12.5. The summed E-state index contributed by atoms with van der Waals surface area (Å²) in [5.41, 5.74) is 0.0278. The van der Waals surface area contributed by atoms with Gasteiger partial charge in [-0.15, -0.1) is 5.10 Å². The van der Waals surface area contributed by atoms with E-state index in [0.717, 1.165) is 12.8 Å². The van der Waals surface area contributed by atoms with E-state index in [2.05, 4.69) is 22.4 Å². The first-order valence-electron chi connectivity index (χ1n) is 10.9. The molecule has 1 fully saturated rings. The molecule has 2 aromatic carbocycles. The van der Waals surface area contributed by atoms with Crippen LogP contribution in [0.15, 0.2) is 54.6 Å². The van der Waals surface area contributed by atoms with E-state index in [-0.39, 0.29) is 0 Å². The van der Waals surface area contributed by atoms with Crippen LogP contribution in [0.5, 0.6) is 5.75 Å². The van der Waals surface area contributed by atoms with Gasteiger partial charge in [-0.25, -0.2) is 9.59 Å². The number of benzene rings is 2. The molecule has 1 aromatic heterocycles. The number of para-hydroxylation sites is 2. The fraction of sp³-hybridized carbons (Fsp3) is 0.375. The number of amides is 1. The standard InChI is InChI=1S/C24H27N5O4/c1-17-13-15-24(16-14-17,28(2)23(31)33-18-9-5-4-6-10-18)22-25-26-27-29(22)20-12-8-7-11-19(20)21(30)32-3/h4-12,17H,13-16H2,1-3H3. The van der Waals surface area contributed by atoms with Gasteiger partial charge in [0.05, 0.1) is 18.4 Å². The maximum atomic E-state index is 13.2. The second-order valence-electron chi connectivity index (χ2n) is 8.38. The molecule has 9 nitrogen and oxygen atoms in total. The van der Waals surface area contributed by atoms with Gasteiger partial charge in [0, 0.05) is 7.05 Å². The Morgan fingerprint density at radius 2 is 1.73 bits per heavy atom. The maximum Gasteiger partial charge on any atom is 0.415 e. The highest BCUT2D eigenvalue weighted by Gasteiger charge is 2.47. The molecule has 3 aromatic rings. The summed E-state index contributed by atoms with van der Waals surface area (Å²) >= 11 is 0. The topological polar surface area (TPSA) is 99.4 Å². The summed E-state index contributed by atoms with van der Waals surface area (Å²) < 4.78 is 12.1. The third kappa shape index (κ3) is 4.30. The average Bonchev–Trinajstić information content (AvgIpc) is 3.35. The van der Waals surface area contributed by atoms with Crippen molar-refractivity contribution in [3.8, 4) is 11.4 Å². The van der Waals surface area contributed by atoms with Crippen molar-refractivity contribution in [3.05, 3.63) is 66.0 Å². The SMILES string of the molecule is COC(=O)c1ccccc1-n1nnnc1C1(N(C)C(=O)Oc2ccccc2)CCC(C)CC1. The smallest absolute Gasteiger partial charge is 0.415 e. The van der Waals surface area contributed by atoms with Gasteiger partial charge in [-0.3, -0.25) is 4.90 Å². The molecule has 1 aliphatic carbocycles. The molecule has 1 amide bonds. The predicted octanol–water partition coefficient (Wildman–Crippen LogP) is 3.99. The highest BCUT2D eigenvalue weighted by atomic mass is 16.6. The van der Waals surface area contributed by atoms with Crippen LogP contribution in [0.2, 0.25) is 0 Å². The van der Waals surface area contributed by atoms with Crippen molar-refractivity contribution in [1.29, 1.82) is 0 Å². The first-order valence-corrected chi connectivity index (χ1v) is 10.9. The minimum Gasteiger partial charge on any atom is -0.465 e. The maximum absolute atomic E-state index is 13.2. The van der Waals surface area contributed by atoms with E-state index in [4.69, 9.17) is 9.47 Å². The van der Waals surface area contributed by atoms with E-state index in [9.17, 15) is 9.59 Å². The van der Waals surface area contributed by atoms with E-state index < -0.39 is 17.6 Å². The third-order valence-corrected chi connectivity index (χ3v) is 6.39. The lowest BCUT2D eigenvalue weighted by molar-refractivity contribution is 0.0511. The first-order chi connectivity index (χ1) is 16.0.